The quantitative estimate of drug-likeness (QED) is 0.248. The molecule has 0 rings (SSSR count). The highest BCUT2D eigenvalue weighted by atomic mass is 16.1. The zero-order valence-electron chi connectivity index (χ0n) is 16.4. The average molecular weight is 356 g/mol. The number of hydrogen-bond acceptors (Lipinski definition) is 4. The number of unbranched alkanes of at least 4 members (excludes halogenated alkanes) is 4. The van der Waals surface area contributed by atoms with E-state index in [1.54, 1.807) is 6.92 Å². The standard InChI is InChI=1S/C18H37N5O2/c1-15(16(2)24)23(4)14-10-6-5-7-12-21-18(19)22-13-9-8-11-20-17(3)25/h15H,5-14H2,1-4H3,(H,20,25)(H3,19,21,22)/t15-/m1/s1. The monoisotopic (exact) mass is 355 g/mol. The van der Waals surface area contributed by atoms with Gasteiger partial charge >= 0.3 is 0 Å². The fourth-order valence-corrected chi connectivity index (χ4v) is 2.32. The lowest BCUT2D eigenvalue weighted by molar-refractivity contribution is -0.121. The van der Waals surface area contributed by atoms with Gasteiger partial charge in [0.05, 0.1) is 6.04 Å². The Hall–Kier alpha value is -1.63. The molecule has 0 spiro atoms. The van der Waals surface area contributed by atoms with Crippen molar-refractivity contribution in [2.24, 2.45) is 10.7 Å². The topological polar surface area (TPSA) is 99.8 Å². The molecule has 0 aliphatic rings. The van der Waals surface area contributed by atoms with Crippen molar-refractivity contribution in [1.29, 1.82) is 0 Å². The van der Waals surface area contributed by atoms with E-state index in [9.17, 15) is 9.59 Å². The lowest BCUT2D eigenvalue weighted by Gasteiger charge is -2.22. The first-order valence-electron chi connectivity index (χ1n) is 9.33. The molecular weight excluding hydrogens is 318 g/mol. The normalized spacial score (nSPS) is 12.9. The number of hydrogen-bond donors (Lipinski definition) is 3. The van der Waals surface area contributed by atoms with E-state index in [0.717, 1.165) is 58.2 Å². The van der Waals surface area contributed by atoms with E-state index in [4.69, 9.17) is 5.73 Å². The van der Waals surface area contributed by atoms with Crippen molar-refractivity contribution in [1.82, 2.24) is 15.5 Å². The van der Waals surface area contributed by atoms with Gasteiger partial charge < -0.3 is 16.4 Å². The van der Waals surface area contributed by atoms with Gasteiger partial charge in [-0.25, -0.2) is 0 Å². The van der Waals surface area contributed by atoms with Crippen molar-refractivity contribution in [3.63, 3.8) is 0 Å². The Kier molecular flexibility index (Phi) is 13.7. The summed E-state index contributed by atoms with van der Waals surface area (Å²) in [4.78, 5) is 28.4. The molecule has 25 heavy (non-hydrogen) atoms. The van der Waals surface area contributed by atoms with Crippen LogP contribution in [0.5, 0.6) is 0 Å². The fourth-order valence-electron chi connectivity index (χ4n) is 2.32. The van der Waals surface area contributed by atoms with E-state index in [2.05, 4.69) is 20.5 Å². The van der Waals surface area contributed by atoms with E-state index in [-0.39, 0.29) is 17.7 Å². The number of amides is 1. The molecule has 1 amide bonds. The molecule has 0 aromatic carbocycles. The van der Waals surface area contributed by atoms with Gasteiger partial charge in [-0.3, -0.25) is 19.5 Å². The molecule has 0 aliphatic heterocycles. The first-order chi connectivity index (χ1) is 11.8. The number of nitrogens with one attached hydrogen (secondary N) is 2. The lowest BCUT2D eigenvalue weighted by Crippen LogP contribution is -2.35. The summed E-state index contributed by atoms with van der Waals surface area (Å²) in [7, 11) is 2.00. The smallest absolute Gasteiger partial charge is 0.216 e. The molecule has 0 unspecified atom stereocenters. The second kappa shape index (κ2) is 14.7. The van der Waals surface area contributed by atoms with Gasteiger partial charge in [-0.05, 0) is 53.1 Å². The molecule has 1 atom stereocenters. The number of ketones is 1. The Labute approximate surface area is 152 Å². The number of carbonyl (C=O) groups is 2. The average Bonchev–Trinajstić information content (AvgIpc) is 2.55. The van der Waals surface area contributed by atoms with Gasteiger partial charge in [-0.1, -0.05) is 12.8 Å². The second-order valence-corrected chi connectivity index (χ2v) is 6.57. The van der Waals surface area contributed by atoms with Crippen LogP contribution in [0, 0.1) is 0 Å². The maximum atomic E-state index is 11.3. The van der Waals surface area contributed by atoms with Crippen LogP contribution in [0.25, 0.3) is 0 Å². The van der Waals surface area contributed by atoms with Crippen molar-refractivity contribution >= 4 is 17.6 Å². The van der Waals surface area contributed by atoms with E-state index in [1.165, 1.54) is 6.92 Å². The Morgan fingerprint density at radius 1 is 1.00 bits per heavy atom. The molecule has 4 N–H and O–H groups in total. The van der Waals surface area contributed by atoms with Crippen molar-refractivity contribution in [3.05, 3.63) is 0 Å². The van der Waals surface area contributed by atoms with Crippen LogP contribution < -0.4 is 16.4 Å². The number of aliphatic imine (C=N–C) groups is 1. The van der Waals surface area contributed by atoms with Gasteiger partial charge in [0.25, 0.3) is 0 Å². The molecule has 0 heterocycles. The van der Waals surface area contributed by atoms with Gasteiger partial charge in [-0.2, -0.15) is 0 Å². The molecule has 0 aromatic heterocycles. The number of rotatable bonds is 14. The number of carbonyl (C=O) groups excluding carboxylic acids is 2. The van der Waals surface area contributed by atoms with Gasteiger partial charge in [0.2, 0.25) is 5.91 Å². The van der Waals surface area contributed by atoms with Gasteiger partial charge in [0.1, 0.15) is 5.78 Å². The molecule has 7 heteroatoms. The van der Waals surface area contributed by atoms with E-state index in [0.29, 0.717) is 12.5 Å². The third-order valence-electron chi connectivity index (χ3n) is 4.23. The molecule has 0 aliphatic carbocycles. The number of likely N-dealkylation sites (N-methyl/N-ethyl adjacent to an activating group) is 1. The molecule has 0 aromatic rings. The van der Waals surface area contributed by atoms with E-state index >= 15 is 0 Å². The summed E-state index contributed by atoms with van der Waals surface area (Å²) in [5, 5.41) is 5.85. The number of guanidine groups is 1. The minimum atomic E-state index is 0.00807. The zero-order chi connectivity index (χ0) is 19.1. The van der Waals surface area contributed by atoms with Crippen LogP contribution in [0.15, 0.2) is 4.99 Å². The summed E-state index contributed by atoms with van der Waals surface area (Å²) in [5.41, 5.74) is 5.81. The highest BCUT2D eigenvalue weighted by Gasteiger charge is 2.12. The van der Waals surface area contributed by atoms with Gasteiger partial charge in [0, 0.05) is 26.6 Å². The predicted octanol–water partition coefficient (Wildman–Crippen LogP) is 1.28. The van der Waals surface area contributed by atoms with Gasteiger partial charge in [-0.15, -0.1) is 0 Å². The maximum Gasteiger partial charge on any atom is 0.216 e. The van der Waals surface area contributed by atoms with E-state index in [1.807, 2.05) is 14.0 Å². The number of nitrogens with zero attached hydrogens (tertiary/aromatic N) is 2. The molecule has 7 nitrogen and oxygen atoms in total. The fraction of sp³-hybridized carbons (Fsp3) is 0.833. The largest absolute Gasteiger partial charge is 0.370 e. The van der Waals surface area contributed by atoms with Crippen LogP contribution in [-0.4, -0.2) is 61.8 Å². The first kappa shape index (κ1) is 23.4. The SMILES string of the molecule is CC(=O)NCCCCNC(N)=NCCCCCCN(C)[C@H](C)C(C)=O. The highest BCUT2D eigenvalue weighted by Crippen LogP contribution is 2.04. The summed E-state index contributed by atoms with van der Waals surface area (Å²) >= 11 is 0. The third kappa shape index (κ3) is 14.4. The molecule has 0 bridgehead atoms. The Morgan fingerprint density at radius 3 is 2.20 bits per heavy atom. The van der Waals surface area contributed by atoms with Crippen LogP contribution in [0.3, 0.4) is 0 Å². The van der Waals surface area contributed by atoms with Crippen molar-refractivity contribution in [2.45, 2.75) is 65.3 Å². The van der Waals surface area contributed by atoms with Crippen LogP contribution in [0.1, 0.15) is 59.3 Å². The Bertz CT molecular complexity index is 412. The maximum absolute atomic E-state index is 11.3. The van der Waals surface area contributed by atoms with Crippen LogP contribution >= 0.6 is 0 Å². The molecular formula is C18H37N5O2. The minimum absolute atomic E-state index is 0.00807. The molecule has 146 valence electrons. The minimum Gasteiger partial charge on any atom is -0.370 e. The summed E-state index contributed by atoms with van der Waals surface area (Å²) in [6, 6.07) is 0.00807. The summed E-state index contributed by atoms with van der Waals surface area (Å²) < 4.78 is 0. The summed E-state index contributed by atoms with van der Waals surface area (Å²) in [6.45, 7) is 8.28. The summed E-state index contributed by atoms with van der Waals surface area (Å²) in [5.74, 6) is 0.721. The lowest BCUT2D eigenvalue weighted by atomic mass is 10.1. The predicted molar refractivity (Wildman–Crippen MR) is 104 cm³/mol. The van der Waals surface area contributed by atoms with Crippen LogP contribution in [0.4, 0.5) is 0 Å². The van der Waals surface area contributed by atoms with Crippen LogP contribution in [0.2, 0.25) is 0 Å². The molecule has 0 radical (unpaired) electrons. The summed E-state index contributed by atoms with van der Waals surface area (Å²) in [6.07, 6.45) is 6.26. The Morgan fingerprint density at radius 2 is 1.60 bits per heavy atom. The van der Waals surface area contributed by atoms with Gasteiger partial charge in [0.15, 0.2) is 5.96 Å². The molecule has 0 saturated carbocycles. The number of Topliss-reactive ketones (excluding diaryl/α,β-unsaturated/α-hetero) is 1. The highest BCUT2D eigenvalue weighted by molar-refractivity contribution is 5.80. The zero-order valence-corrected chi connectivity index (χ0v) is 16.4. The molecule has 0 saturated heterocycles. The Balaban J connectivity index is 3.52. The third-order valence-corrected chi connectivity index (χ3v) is 4.23. The van der Waals surface area contributed by atoms with Crippen molar-refractivity contribution in [2.75, 3.05) is 33.2 Å². The van der Waals surface area contributed by atoms with Crippen LogP contribution in [-0.2, 0) is 9.59 Å². The van der Waals surface area contributed by atoms with Crippen molar-refractivity contribution in [3.8, 4) is 0 Å². The first-order valence-corrected chi connectivity index (χ1v) is 9.33. The van der Waals surface area contributed by atoms with E-state index < -0.39 is 0 Å². The molecule has 0 fully saturated rings. The number of nitrogens with two attached hydrogens (primary N) is 1. The van der Waals surface area contributed by atoms with Crippen molar-refractivity contribution < 1.29 is 9.59 Å². The second-order valence-electron chi connectivity index (χ2n) is 6.57.